The summed E-state index contributed by atoms with van der Waals surface area (Å²) in [6.45, 7) is 11.4. The van der Waals surface area contributed by atoms with Crippen LogP contribution in [0.3, 0.4) is 0 Å². The zero-order chi connectivity index (χ0) is 19.4. The molecule has 0 spiro atoms. The van der Waals surface area contributed by atoms with Gasteiger partial charge in [-0.05, 0) is 13.8 Å². The molecule has 1 saturated heterocycles. The van der Waals surface area contributed by atoms with Gasteiger partial charge in [-0.3, -0.25) is 0 Å². The fraction of sp³-hybridized carbons (Fsp3) is 0.667. The third-order valence-electron chi connectivity index (χ3n) is 3.26. The van der Waals surface area contributed by atoms with E-state index < -0.39 is 0 Å². The van der Waals surface area contributed by atoms with Crippen LogP contribution >= 0.6 is 47.0 Å². The molecule has 8 heteroatoms. The first-order valence-corrected chi connectivity index (χ1v) is 12.8. The van der Waals surface area contributed by atoms with Crippen molar-refractivity contribution in [3.63, 3.8) is 0 Å². The van der Waals surface area contributed by atoms with Crippen molar-refractivity contribution in [2.75, 3.05) is 47.7 Å². The van der Waals surface area contributed by atoms with Crippen LogP contribution in [0.2, 0.25) is 0 Å². The molecule has 1 aliphatic heterocycles. The summed E-state index contributed by atoms with van der Waals surface area (Å²) in [7, 11) is 0. The highest BCUT2D eigenvalue weighted by Crippen LogP contribution is 2.33. The summed E-state index contributed by atoms with van der Waals surface area (Å²) in [5, 5.41) is 1.33. The van der Waals surface area contributed by atoms with Crippen molar-refractivity contribution in [3.8, 4) is 0 Å². The summed E-state index contributed by atoms with van der Waals surface area (Å²) in [6, 6.07) is 0. The maximum atomic E-state index is 11.3. The Kier molecular flexibility index (Phi) is 12.8. The molecule has 0 saturated carbocycles. The highest BCUT2D eigenvalue weighted by atomic mass is 32.2. The van der Waals surface area contributed by atoms with Crippen molar-refractivity contribution in [1.29, 1.82) is 0 Å². The lowest BCUT2D eigenvalue weighted by Gasteiger charge is -2.27. The number of carbonyl (C=O) groups is 2. The Morgan fingerprint density at radius 3 is 1.58 bits per heavy atom. The van der Waals surface area contributed by atoms with E-state index in [0.717, 1.165) is 23.0 Å². The molecule has 4 nitrogen and oxygen atoms in total. The summed E-state index contributed by atoms with van der Waals surface area (Å²) in [5.74, 6) is 5.59. The molecule has 2 unspecified atom stereocenters. The van der Waals surface area contributed by atoms with Crippen molar-refractivity contribution >= 4 is 59.0 Å². The van der Waals surface area contributed by atoms with Gasteiger partial charge in [0.15, 0.2) is 0 Å². The summed E-state index contributed by atoms with van der Waals surface area (Å²) in [6.07, 6.45) is 0. The van der Waals surface area contributed by atoms with Gasteiger partial charge in [-0.1, -0.05) is 13.2 Å². The van der Waals surface area contributed by atoms with Crippen LogP contribution in [0.1, 0.15) is 13.8 Å². The Morgan fingerprint density at radius 2 is 1.27 bits per heavy atom. The summed E-state index contributed by atoms with van der Waals surface area (Å²) in [4.78, 5) is 22.5. The quantitative estimate of drug-likeness (QED) is 0.259. The first-order valence-electron chi connectivity index (χ1n) is 8.44. The predicted octanol–water partition coefficient (Wildman–Crippen LogP) is 3.91. The summed E-state index contributed by atoms with van der Waals surface area (Å²) in [5.41, 5.74) is 0.902. The maximum Gasteiger partial charge on any atom is 0.333 e. The second-order valence-electron chi connectivity index (χ2n) is 5.89. The molecule has 0 aromatic carbocycles. The number of hydrogen-bond donors (Lipinski definition) is 0. The molecule has 0 amide bonds. The lowest BCUT2D eigenvalue weighted by Crippen LogP contribution is -2.25. The van der Waals surface area contributed by atoms with Gasteiger partial charge in [0.05, 0.1) is 0 Å². The van der Waals surface area contributed by atoms with Crippen molar-refractivity contribution in [2.45, 2.75) is 24.3 Å². The van der Waals surface area contributed by atoms with Gasteiger partial charge in [-0.15, -0.1) is 0 Å². The zero-order valence-corrected chi connectivity index (χ0v) is 18.8. The SMILES string of the molecule is C=C(C)C(=O)OCCSCC1CSC(CSCCOC(=O)C(=C)C)CS1. The second kappa shape index (κ2) is 13.9. The minimum Gasteiger partial charge on any atom is -0.461 e. The number of thioether (sulfide) groups is 4. The average Bonchev–Trinajstić information content (AvgIpc) is 2.61. The molecule has 1 fully saturated rings. The number of rotatable bonds is 12. The number of hydrogen-bond acceptors (Lipinski definition) is 8. The third kappa shape index (κ3) is 10.8. The van der Waals surface area contributed by atoms with Gasteiger partial charge < -0.3 is 9.47 Å². The highest BCUT2D eigenvalue weighted by Gasteiger charge is 2.22. The number of carbonyl (C=O) groups excluding carboxylic acids is 2. The minimum absolute atomic E-state index is 0.303. The lowest BCUT2D eigenvalue weighted by atomic mass is 10.4. The molecule has 26 heavy (non-hydrogen) atoms. The van der Waals surface area contributed by atoms with E-state index in [1.54, 1.807) is 13.8 Å². The maximum absolute atomic E-state index is 11.3. The van der Waals surface area contributed by atoms with E-state index in [0.29, 0.717) is 34.9 Å². The van der Waals surface area contributed by atoms with E-state index >= 15 is 0 Å². The van der Waals surface area contributed by atoms with E-state index in [2.05, 4.69) is 13.2 Å². The van der Waals surface area contributed by atoms with E-state index in [1.807, 2.05) is 47.0 Å². The van der Waals surface area contributed by atoms with Crippen LogP contribution in [-0.4, -0.2) is 70.2 Å². The molecule has 1 aliphatic rings. The Hall–Kier alpha value is -0.180. The normalized spacial score (nSPS) is 19.6. The standard InChI is InChI=1S/C18H28O4S4/c1-13(2)17(19)21-5-7-23-9-15-11-26-16(12-25-15)10-24-8-6-22-18(20)14(3)4/h15-16H,1,3,5-12H2,2,4H3. The zero-order valence-electron chi connectivity index (χ0n) is 15.5. The molecule has 0 bridgehead atoms. The van der Waals surface area contributed by atoms with Crippen molar-refractivity contribution in [1.82, 2.24) is 0 Å². The van der Waals surface area contributed by atoms with Crippen molar-refractivity contribution in [2.24, 2.45) is 0 Å². The van der Waals surface area contributed by atoms with E-state index in [4.69, 9.17) is 9.47 Å². The topological polar surface area (TPSA) is 52.6 Å². The van der Waals surface area contributed by atoms with Crippen molar-refractivity contribution in [3.05, 3.63) is 24.3 Å². The Morgan fingerprint density at radius 1 is 0.885 bits per heavy atom. The Labute approximate surface area is 174 Å². The molecule has 0 aromatic rings. The van der Waals surface area contributed by atoms with Crippen LogP contribution in [0, 0.1) is 0 Å². The molecule has 0 aliphatic carbocycles. The molecule has 1 heterocycles. The fourth-order valence-corrected chi connectivity index (χ4v) is 7.43. The van der Waals surface area contributed by atoms with Gasteiger partial charge in [0, 0.05) is 56.2 Å². The second-order valence-corrected chi connectivity index (χ2v) is 10.9. The average molecular weight is 437 g/mol. The third-order valence-corrected chi connectivity index (χ3v) is 9.09. The molecular weight excluding hydrogens is 408 g/mol. The van der Waals surface area contributed by atoms with Crippen LogP contribution in [0.4, 0.5) is 0 Å². The van der Waals surface area contributed by atoms with E-state index in [9.17, 15) is 9.59 Å². The largest absolute Gasteiger partial charge is 0.461 e. The summed E-state index contributed by atoms with van der Waals surface area (Å²) < 4.78 is 10.2. The van der Waals surface area contributed by atoms with Crippen LogP contribution < -0.4 is 0 Å². The molecule has 1 rings (SSSR count). The van der Waals surface area contributed by atoms with Gasteiger partial charge in [-0.2, -0.15) is 47.0 Å². The van der Waals surface area contributed by atoms with Crippen LogP contribution in [-0.2, 0) is 19.1 Å². The lowest BCUT2D eigenvalue weighted by molar-refractivity contribution is -0.139. The molecular formula is C18H28O4S4. The molecule has 0 N–H and O–H groups in total. The van der Waals surface area contributed by atoms with Crippen LogP contribution in [0.15, 0.2) is 24.3 Å². The Balaban J connectivity index is 1.98. The van der Waals surface area contributed by atoms with Crippen LogP contribution in [0.5, 0.6) is 0 Å². The van der Waals surface area contributed by atoms with E-state index in [-0.39, 0.29) is 11.9 Å². The Bertz CT molecular complexity index is 444. The molecule has 148 valence electrons. The highest BCUT2D eigenvalue weighted by molar-refractivity contribution is 8.09. The predicted molar refractivity (Wildman–Crippen MR) is 119 cm³/mol. The molecule has 0 radical (unpaired) electrons. The fourth-order valence-electron chi connectivity index (χ4n) is 1.84. The van der Waals surface area contributed by atoms with Gasteiger partial charge in [0.25, 0.3) is 0 Å². The van der Waals surface area contributed by atoms with Crippen LogP contribution in [0.25, 0.3) is 0 Å². The van der Waals surface area contributed by atoms with E-state index in [1.165, 1.54) is 11.5 Å². The molecule has 2 atom stereocenters. The number of ether oxygens (including phenoxy) is 2. The summed E-state index contributed by atoms with van der Waals surface area (Å²) >= 11 is 7.76. The minimum atomic E-state index is -0.303. The van der Waals surface area contributed by atoms with Gasteiger partial charge in [0.1, 0.15) is 13.2 Å². The van der Waals surface area contributed by atoms with Gasteiger partial charge in [0.2, 0.25) is 0 Å². The first kappa shape index (κ1) is 23.9. The van der Waals surface area contributed by atoms with Gasteiger partial charge in [-0.25, -0.2) is 9.59 Å². The van der Waals surface area contributed by atoms with Gasteiger partial charge >= 0.3 is 11.9 Å². The monoisotopic (exact) mass is 436 g/mol. The first-order chi connectivity index (χ1) is 12.4. The number of esters is 2. The van der Waals surface area contributed by atoms with Crippen molar-refractivity contribution < 1.29 is 19.1 Å². The molecule has 0 aromatic heterocycles. The smallest absolute Gasteiger partial charge is 0.333 e.